The average Bonchev–Trinajstić information content (AvgIpc) is 2.77. The van der Waals surface area contributed by atoms with Gasteiger partial charge in [-0.1, -0.05) is 49.7 Å². The van der Waals surface area contributed by atoms with Crippen molar-refractivity contribution >= 4 is 0 Å². The van der Waals surface area contributed by atoms with Crippen LogP contribution in [0.3, 0.4) is 0 Å². The van der Waals surface area contributed by atoms with Crippen molar-refractivity contribution in [2.45, 2.75) is 44.5 Å². The second kappa shape index (κ2) is 7.16. The van der Waals surface area contributed by atoms with Crippen LogP contribution < -0.4 is 10.4 Å². The van der Waals surface area contributed by atoms with E-state index < -0.39 is 17.5 Å². The van der Waals surface area contributed by atoms with Crippen LogP contribution in [0.1, 0.15) is 54.5 Å². The van der Waals surface area contributed by atoms with E-state index in [0.29, 0.717) is 35.5 Å². The molecule has 0 fully saturated rings. The van der Waals surface area contributed by atoms with E-state index in [4.69, 9.17) is 13.9 Å². The molecular weight excluding hydrogens is 378 g/mol. The fourth-order valence-corrected chi connectivity index (χ4v) is 4.36. The van der Waals surface area contributed by atoms with E-state index in [0.717, 1.165) is 29.5 Å². The summed E-state index contributed by atoms with van der Waals surface area (Å²) in [4.78, 5) is 13.0. The summed E-state index contributed by atoms with van der Waals surface area (Å²) in [6.07, 6.45) is 2.61. The van der Waals surface area contributed by atoms with Gasteiger partial charge in [-0.15, -0.1) is 0 Å². The van der Waals surface area contributed by atoms with Crippen LogP contribution in [0.15, 0.2) is 63.8 Å². The molecular formula is C25H21NO4. The van der Waals surface area contributed by atoms with Crippen molar-refractivity contribution in [1.82, 2.24) is 0 Å². The average molecular weight is 399 g/mol. The number of benzene rings is 2. The highest BCUT2D eigenvalue weighted by atomic mass is 16.7. The van der Waals surface area contributed by atoms with E-state index in [1.807, 2.05) is 42.5 Å². The number of nitrogens with zero attached hydrogens (tertiary/aromatic N) is 1. The molecule has 3 heterocycles. The number of hydrogen-bond acceptors (Lipinski definition) is 5. The molecule has 0 saturated carbocycles. The van der Waals surface area contributed by atoms with Crippen molar-refractivity contribution in [2.75, 3.05) is 0 Å². The normalized spacial score (nSPS) is 21.1. The first-order valence-electron chi connectivity index (χ1n) is 10.3. The number of hydrogen-bond donors (Lipinski definition) is 0. The maximum Gasteiger partial charge on any atom is 0.346 e. The Kier molecular flexibility index (Phi) is 4.45. The lowest BCUT2D eigenvalue weighted by Gasteiger charge is -2.46. The second-order valence-electron chi connectivity index (χ2n) is 7.86. The van der Waals surface area contributed by atoms with Gasteiger partial charge in [0.25, 0.3) is 0 Å². The molecule has 0 N–H and O–H groups in total. The fourth-order valence-electron chi connectivity index (χ4n) is 4.36. The van der Waals surface area contributed by atoms with E-state index in [1.165, 1.54) is 0 Å². The Bertz CT molecular complexity index is 1210. The van der Waals surface area contributed by atoms with Crippen LogP contribution in [0.4, 0.5) is 0 Å². The smallest absolute Gasteiger partial charge is 0.346 e. The summed E-state index contributed by atoms with van der Waals surface area (Å²) < 4.78 is 18.5. The first-order chi connectivity index (χ1) is 14.6. The van der Waals surface area contributed by atoms with Crippen LogP contribution in [-0.4, -0.2) is 5.79 Å². The number of fused-ring (bicyclic) bond motifs is 6. The summed E-state index contributed by atoms with van der Waals surface area (Å²) in [6, 6.07) is 19.0. The number of ether oxygens (including phenoxy) is 2. The molecule has 3 aromatic rings. The minimum atomic E-state index is -0.851. The van der Waals surface area contributed by atoms with E-state index >= 15 is 0 Å². The molecule has 0 saturated heterocycles. The predicted octanol–water partition coefficient (Wildman–Crippen LogP) is 5.12. The lowest BCUT2D eigenvalue weighted by atomic mass is 9.85. The summed E-state index contributed by atoms with van der Waals surface area (Å²) >= 11 is 0. The Labute approximate surface area is 174 Å². The zero-order chi connectivity index (χ0) is 20.7. The van der Waals surface area contributed by atoms with Crippen molar-refractivity contribution in [2.24, 2.45) is 0 Å². The van der Waals surface area contributed by atoms with Gasteiger partial charge in [0.1, 0.15) is 23.2 Å². The van der Waals surface area contributed by atoms with Crippen LogP contribution in [-0.2, 0) is 11.2 Å². The molecule has 0 radical (unpaired) electrons. The summed E-state index contributed by atoms with van der Waals surface area (Å²) in [6.45, 7) is 2.12. The Morgan fingerprint density at radius 2 is 2.00 bits per heavy atom. The van der Waals surface area contributed by atoms with Crippen LogP contribution in [0.25, 0.3) is 11.3 Å². The first kappa shape index (κ1) is 18.7. The lowest BCUT2D eigenvalue weighted by molar-refractivity contribution is -0.233. The molecule has 30 heavy (non-hydrogen) atoms. The molecule has 5 rings (SSSR count). The Hall–Kier alpha value is -3.36. The van der Waals surface area contributed by atoms with Crippen LogP contribution in [0.2, 0.25) is 0 Å². The molecule has 150 valence electrons. The molecule has 1 unspecified atom stereocenters. The largest absolute Gasteiger partial charge is 0.461 e. The molecule has 2 bridgehead atoms. The molecule has 5 nitrogen and oxygen atoms in total. The maximum atomic E-state index is 13.0. The van der Waals surface area contributed by atoms with Crippen LogP contribution in [0.5, 0.6) is 5.75 Å². The second-order valence-corrected chi connectivity index (χ2v) is 7.86. The zero-order valence-electron chi connectivity index (χ0n) is 16.7. The molecule has 2 aromatic carbocycles. The third-order valence-electron chi connectivity index (χ3n) is 5.82. The molecule has 0 amide bonds. The molecule has 2 aliphatic rings. The Morgan fingerprint density at radius 1 is 1.17 bits per heavy atom. The van der Waals surface area contributed by atoms with Crippen molar-refractivity contribution < 1.29 is 13.9 Å². The van der Waals surface area contributed by atoms with Crippen LogP contribution in [0, 0.1) is 11.3 Å². The van der Waals surface area contributed by atoms with Crippen molar-refractivity contribution in [1.29, 1.82) is 5.26 Å². The molecule has 0 spiro atoms. The zero-order valence-corrected chi connectivity index (χ0v) is 16.7. The summed E-state index contributed by atoms with van der Waals surface area (Å²) in [5.41, 5.74) is 3.21. The topological polar surface area (TPSA) is 72.5 Å². The Morgan fingerprint density at radius 3 is 2.77 bits per heavy atom. The highest BCUT2D eigenvalue weighted by molar-refractivity contribution is 5.60. The van der Waals surface area contributed by atoms with Crippen molar-refractivity contribution in [3.63, 3.8) is 0 Å². The number of rotatable bonds is 4. The summed E-state index contributed by atoms with van der Waals surface area (Å²) in [5.74, 6) is 0.147. The molecule has 2 atom stereocenters. The fraction of sp³-hybridized carbons (Fsp3) is 0.280. The van der Waals surface area contributed by atoms with Gasteiger partial charge in [0.05, 0.1) is 11.6 Å². The highest BCUT2D eigenvalue weighted by Gasteiger charge is 2.48. The number of nitriles is 1. The van der Waals surface area contributed by atoms with Crippen molar-refractivity contribution in [3.05, 3.63) is 87.3 Å². The number of unbranched alkanes of at least 4 members (excludes halogenated alkanes) is 1. The van der Waals surface area contributed by atoms with Gasteiger partial charge >= 0.3 is 5.63 Å². The summed E-state index contributed by atoms with van der Waals surface area (Å²) in [5, 5.41) is 9.31. The SMILES string of the molecule is CCCC[C@]12Cc3cc(C#N)ccc3C(O1)c1c(cc(-c3ccccc3)oc1=O)O2. The van der Waals surface area contributed by atoms with Gasteiger partial charge in [0.15, 0.2) is 0 Å². The van der Waals surface area contributed by atoms with E-state index in [1.54, 1.807) is 12.1 Å². The van der Waals surface area contributed by atoms with E-state index in [-0.39, 0.29) is 0 Å². The molecule has 2 aliphatic heterocycles. The van der Waals surface area contributed by atoms with Gasteiger partial charge in [-0.25, -0.2) is 4.79 Å². The van der Waals surface area contributed by atoms with E-state index in [2.05, 4.69) is 13.0 Å². The summed E-state index contributed by atoms with van der Waals surface area (Å²) in [7, 11) is 0. The standard InChI is InChI=1S/C25H21NO4/c1-2-3-11-25-14-18-12-16(15-26)9-10-19(18)23(30-25)22-21(29-25)13-20(28-24(22)27)17-7-5-4-6-8-17/h4-10,12-13,23H,2-3,11,14H2,1H3/t23?,25-/m1/s1. The van der Waals surface area contributed by atoms with Gasteiger partial charge in [-0.3, -0.25) is 0 Å². The van der Waals surface area contributed by atoms with Gasteiger partial charge in [0, 0.05) is 24.5 Å². The first-order valence-corrected chi connectivity index (χ1v) is 10.3. The minimum Gasteiger partial charge on any atom is -0.461 e. The lowest BCUT2D eigenvalue weighted by Crippen LogP contribution is -2.50. The quantitative estimate of drug-likeness (QED) is 0.609. The highest BCUT2D eigenvalue weighted by Crippen LogP contribution is 2.49. The van der Waals surface area contributed by atoms with Gasteiger partial charge in [-0.2, -0.15) is 5.26 Å². The third kappa shape index (κ3) is 3.01. The monoisotopic (exact) mass is 399 g/mol. The van der Waals surface area contributed by atoms with Crippen LogP contribution >= 0.6 is 0 Å². The minimum absolute atomic E-state index is 0.382. The maximum absolute atomic E-state index is 13.0. The molecule has 5 heteroatoms. The molecule has 0 aliphatic carbocycles. The predicted molar refractivity (Wildman–Crippen MR) is 111 cm³/mol. The van der Waals surface area contributed by atoms with Gasteiger partial charge in [0.2, 0.25) is 5.79 Å². The van der Waals surface area contributed by atoms with Crippen molar-refractivity contribution in [3.8, 4) is 23.1 Å². The van der Waals surface area contributed by atoms with E-state index in [9.17, 15) is 10.1 Å². The molecule has 1 aromatic heterocycles. The third-order valence-corrected chi connectivity index (χ3v) is 5.82. The van der Waals surface area contributed by atoms with Gasteiger partial charge < -0.3 is 13.9 Å². The Balaban J connectivity index is 1.68. The van der Waals surface area contributed by atoms with Gasteiger partial charge in [-0.05, 0) is 29.7 Å².